The second-order valence-electron chi connectivity index (χ2n) is 7.12. The van der Waals surface area contributed by atoms with Gasteiger partial charge in [0.25, 0.3) is 5.56 Å². The third-order valence-electron chi connectivity index (χ3n) is 4.79. The lowest BCUT2D eigenvalue weighted by molar-refractivity contribution is -0.118. The maximum Gasteiger partial charge on any atom is 0.262 e. The molecule has 3 aromatic carbocycles. The molecule has 0 saturated carbocycles. The third-order valence-corrected chi connectivity index (χ3v) is 6.00. The van der Waals surface area contributed by atoms with Crippen LogP contribution >= 0.6 is 23.4 Å². The Morgan fingerprint density at radius 2 is 1.81 bits per heavy atom. The molecule has 162 valence electrons. The summed E-state index contributed by atoms with van der Waals surface area (Å²) in [5, 5.41) is 4.37. The van der Waals surface area contributed by atoms with E-state index in [4.69, 9.17) is 11.6 Å². The molecule has 1 heterocycles. The lowest BCUT2D eigenvalue weighted by atomic mass is 10.2. The summed E-state index contributed by atoms with van der Waals surface area (Å²) < 4.78 is 14.8. The largest absolute Gasteiger partial charge is 0.351 e. The molecule has 0 aliphatic carbocycles. The molecular weight excluding hydrogens is 449 g/mol. The second-order valence-corrected chi connectivity index (χ2v) is 8.50. The summed E-state index contributed by atoms with van der Waals surface area (Å²) >= 11 is 7.16. The quantitative estimate of drug-likeness (QED) is 0.317. The van der Waals surface area contributed by atoms with E-state index in [1.54, 1.807) is 42.5 Å². The van der Waals surface area contributed by atoms with Crippen molar-refractivity contribution in [2.75, 3.05) is 5.75 Å². The first kappa shape index (κ1) is 22.0. The Bertz CT molecular complexity index is 1330. The highest BCUT2D eigenvalue weighted by atomic mass is 35.5. The minimum absolute atomic E-state index is 0.0920. The van der Waals surface area contributed by atoms with E-state index in [1.807, 2.05) is 18.2 Å². The average Bonchev–Trinajstić information content (AvgIpc) is 2.80. The Hall–Kier alpha value is -3.16. The zero-order valence-corrected chi connectivity index (χ0v) is 18.5. The van der Waals surface area contributed by atoms with Gasteiger partial charge in [-0.1, -0.05) is 59.8 Å². The van der Waals surface area contributed by atoms with E-state index >= 15 is 0 Å². The highest BCUT2D eigenvalue weighted by molar-refractivity contribution is 7.99. The van der Waals surface area contributed by atoms with Gasteiger partial charge < -0.3 is 5.32 Å². The summed E-state index contributed by atoms with van der Waals surface area (Å²) in [6, 6.07) is 20.3. The van der Waals surface area contributed by atoms with Gasteiger partial charge in [-0.2, -0.15) is 0 Å². The Morgan fingerprint density at radius 3 is 2.59 bits per heavy atom. The maximum absolute atomic E-state index is 13.3. The number of rotatable bonds is 7. The molecule has 0 radical (unpaired) electrons. The van der Waals surface area contributed by atoms with Gasteiger partial charge >= 0.3 is 0 Å². The molecule has 4 rings (SSSR count). The van der Waals surface area contributed by atoms with Gasteiger partial charge in [-0.3, -0.25) is 14.2 Å². The lowest BCUT2D eigenvalue weighted by Crippen LogP contribution is -2.27. The number of para-hydroxylation sites is 1. The summed E-state index contributed by atoms with van der Waals surface area (Å²) in [6.07, 6.45) is 0. The number of fused-ring (bicyclic) bond motifs is 1. The zero-order valence-electron chi connectivity index (χ0n) is 16.9. The number of nitrogens with one attached hydrogen (secondary N) is 1. The molecule has 4 aromatic rings. The van der Waals surface area contributed by atoms with Gasteiger partial charge in [0.15, 0.2) is 5.16 Å². The van der Waals surface area contributed by atoms with E-state index in [9.17, 15) is 14.0 Å². The molecule has 32 heavy (non-hydrogen) atoms. The average molecular weight is 468 g/mol. The van der Waals surface area contributed by atoms with Crippen LogP contribution in [-0.4, -0.2) is 21.2 Å². The molecule has 5 nitrogen and oxygen atoms in total. The van der Waals surface area contributed by atoms with Gasteiger partial charge in [0.05, 0.1) is 23.2 Å². The van der Waals surface area contributed by atoms with Gasteiger partial charge in [0.1, 0.15) is 5.82 Å². The molecule has 1 N–H and O–H groups in total. The molecule has 1 aromatic heterocycles. The van der Waals surface area contributed by atoms with Crippen LogP contribution in [0.3, 0.4) is 0 Å². The number of thioether (sulfide) groups is 1. The predicted molar refractivity (Wildman–Crippen MR) is 126 cm³/mol. The monoisotopic (exact) mass is 467 g/mol. The van der Waals surface area contributed by atoms with Crippen LogP contribution in [0.5, 0.6) is 0 Å². The fraction of sp³-hybridized carbons (Fsp3) is 0.125. The summed E-state index contributed by atoms with van der Waals surface area (Å²) in [4.78, 5) is 30.1. The number of halogens is 2. The van der Waals surface area contributed by atoms with Crippen LogP contribution in [0.15, 0.2) is 82.7 Å². The highest BCUT2D eigenvalue weighted by Gasteiger charge is 2.14. The van der Waals surface area contributed by atoms with Crippen molar-refractivity contribution in [2.24, 2.45) is 0 Å². The third kappa shape index (κ3) is 5.36. The van der Waals surface area contributed by atoms with E-state index in [2.05, 4.69) is 10.3 Å². The Morgan fingerprint density at radius 1 is 1.03 bits per heavy atom. The fourth-order valence-electron chi connectivity index (χ4n) is 3.20. The van der Waals surface area contributed by atoms with E-state index in [0.717, 1.165) is 11.1 Å². The molecule has 0 fully saturated rings. The molecular formula is C24H19ClFN3O2S. The zero-order chi connectivity index (χ0) is 22.5. The number of benzene rings is 3. The van der Waals surface area contributed by atoms with Gasteiger partial charge in [0, 0.05) is 11.6 Å². The molecule has 0 atom stereocenters. The SMILES string of the molecule is O=C(CSc1nc2ccccc2c(=O)n1Cc1ccc(F)cc1)NCc1cccc(Cl)c1. The van der Waals surface area contributed by atoms with Crippen molar-refractivity contribution >= 4 is 40.2 Å². The second kappa shape index (κ2) is 9.97. The number of hydrogen-bond donors (Lipinski definition) is 1. The Labute approximate surface area is 193 Å². The van der Waals surface area contributed by atoms with Crippen molar-refractivity contribution in [1.82, 2.24) is 14.9 Å². The van der Waals surface area contributed by atoms with E-state index in [0.29, 0.717) is 27.6 Å². The molecule has 8 heteroatoms. The number of nitrogens with zero attached hydrogens (tertiary/aromatic N) is 2. The minimum Gasteiger partial charge on any atom is -0.351 e. The Kier molecular flexibility index (Phi) is 6.87. The molecule has 0 unspecified atom stereocenters. The normalized spacial score (nSPS) is 10.9. The van der Waals surface area contributed by atoms with Gasteiger partial charge in [-0.15, -0.1) is 0 Å². The predicted octanol–water partition coefficient (Wildman–Crippen LogP) is 4.65. The van der Waals surface area contributed by atoms with Crippen molar-refractivity contribution in [2.45, 2.75) is 18.2 Å². The van der Waals surface area contributed by atoms with E-state index < -0.39 is 0 Å². The van der Waals surface area contributed by atoms with E-state index in [-0.39, 0.29) is 29.6 Å². The number of carbonyl (C=O) groups is 1. The van der Waals surface area contributed by atoms with Crippen LogP contribution in [0.2, 0.25) is 5.02 Å². The van der Waals surface area contributed by atoms with Crippen LogP contribution in [-0.2, 0) is 17.9 Å². The van der Waals surface area contributed by atoms with Crippen molar-refractivity contribution < 1.29 is 9.18 Å². The summed E-state index contributed by atoms with van der Waals surface area (Å²) in [5.74, 6) is -0.441. The van der Waals surface area contributed by atoms with E-state index in [1.165, 1.54) is 28.5 Å². The number of aromatic nitrogens is 2. The van der Waals surface area contributed by atoms with Crippen molar-refractivity contribution in [3.63, 3.8) is 0 Å². The van der Waals surface area contributed by atoms with Crippen LogP contribution in [0.4, 0.5) is 4.39 Å². The van der Waals surface area contributed by atoms with Crippen molar-refractivity contribution in [3.8, 4) is 0 Å². The van der Waals surface area contributed by atoms with Crippen molar-refractivity contribution in [3.05, 3.63) is 105 Å². The first-order valence-corrected chi connectivity index (χ1v) is 11.2. The molecule has 0 aliphatic heterocycles. The maximum atomic E-state index is 13.3. The number of carbonyl (C=O) groups excluding carboxylic acids is 1. The summed E-state index contributed by atoms with van der Waals surface area (Å²) in [6.45, 7) is 0.580. The smallest absolute Gasteiger partial charge is 0.262 e. The summed E-state index contributed by atoms with van der Waals surface area (Å²) in [5.41, 5.74) is 2.02. The number of amides is 1. The number of hydrogen-bond acceptors (Lipinski definition) is 4. The van der Waals surface area contributed by atoms with Crippen LogP contribution in [0, 0.1) is 5.82 Å². The molecule has 0 spiro atoms. The van der Waals surface area contributed by atoms with Crippen molar-refractivity contribution in [1.29, 1.82) is 0 Å². The van der Waals surface area contributed by atoms with Crippen LogP contribution < -0.4 is 10.9 Å². The topological polar surface area (TPSA) is 64.0 Å². The summed E-state index contributed by atoms with van der Waals surface area (Å²) in [7, 11) is 0. The van der Waals surface area contributed by atoms with Gasteiger partial charge in [0.2, 0.25) is 5.91 Å². The van der Waals surface area contributed by atoms with Crippen LogP contribution in [0.1, 0.15) is 11.1 Å². The molecule has 0 aliphatic rings. The van der Waals surface area contributed by atoms with Crippen LogP contribution in [0.25, 0.3) is 10.9 Å². The minimum atomic E-state index is -0.344. The lowest BCUT2D eigenvalue weighted by Gasteiger charge is -2.13. The fourth-order valence-corrected chi connectivity index (χ4v) is 4.24. The van der Waals surface area contributed by atoms with Gasteiger partial charge in [-0.25, -0.2) is 9.37 Å². The molecule has 0 bridgehead atoms. The first-order chi connectivity index (χ1) is 15.5. The molecule has 1 amide bonds. The Balaban J connectivity index is 1.54. The molecule has 0 saturated heterocycles. The highest BCUT2D eigenvalue weighted by Crippen LogP contribution is 2.19. The standard InChI is InChI=1S/C24H19ClFN3O2S/c25-18-5-3-4-17(12-18)13-27-22(30)15-32-24-28-21-7-2-1-6-20(21)23(31)29(24)14-16-8-10-19(26)11-9-16/h1-12H,13-15H2,(H,27,30). The first-order valence-electron chi connectivity index (χ1n) is 9.87. The van der Waals surface area contributed by atoms with Gasteiger partial charge in [-0.05, 0) is 47.5 Å².